The van der Waals surface area contributed by atoms with Crippen molar-refractivity contribution in [3.8, 4) is 5.88 Å². The van der Waals surface area contributed by atoms with Crippen LogP contribution in [0.2, 0.25) is 0 Å². The Morgan fingerprint density at radius 2 is 2.10 bits per heavy atom. The zero-order valence-corrected chi connectivity index (χ0v) is 12.4. The molecule has 0 atom stereocenters. The van der Waals surface area contributed by atoms with Crippen molar-refractivity contribution >= 4 is 5.97 Å². The Morgan fingerprint density at radius 1 is 1.33 bits per heavy atom. The molecule has 2 aromatic rings. The number of hydrogen-bond acceptors (Lipinski definition) is 7. The zero-order valence-electron chi connectivity index (χ0n) is 12.4. The predicted octanol–water partition coefficient (Wildman–Crippen LogP) is 2.31. The van der Waals surface area contributed by atoms with Gasteiger partial charge in [0.2, 0.25) is 11.8 Å². The van der Waals surface area contributed by atoms with E-state index in [1.54, 1.807) is 27.7 Å². The van der Waals surface area contributed by atoms with Crippen molar-refractivity contribution in [2.75, 3.05) is 0 Å². The van der Waals surface area contributed by atoms with Crippen LogP contribution in [-0.2, 0) is 11.3 Å². The monoisotopic (exact) mass is 291 g/mol. The molecule has 112 valence electrons. The van der Waals surface area contributed by atoms with E-state index in [0.717, 1.165) is 0 Å². The third-order valence-corrected chi connectivity index (χ3v) is 2.34. The maximum Gasteiger partial charge on any atom is 0.359 e. The molecule has 0 saturated heterocycles. The lowest BCUT2D eigenvalue weighted by Crippen LogP contribution is -2.25. The molecule has 0 radical (unpaired) electrons. The van der Waals surface area contributed by atoms with Gasteiger partial charge in [-0.05, 0) is 27.7 Å². The van der Waals surface area contributed by atoms with Crippen LogP contribution in [0.15, 0.2) is 23.1 Å². The van der Waals surface area contributed by atoms with Crippen LogP contribution in [0.3, 0.4) is 0 Å². The van der Waals surface area contributed by atoms with Crippen molar-refractivity contribution in [2.45, 2.75) is 39.9 Å². The number of oxazole rings is 1. The van der Waals surface area contributed by atoms with Crippen LogP contribution in [0.1, 0.15) is 42.8 Å². The number of nitrogens with zero attached hydrogens (tertiary/aromatic N) is 3. The summed E-state index contributed by atoms with van der Waals surface area (Å²) in [5.41, 5.74) is 0.0354. The summed E-state index contributed by atoms with van der Waals surface area (Å²) in [6.45, 7) is 7.20. The molecular formula is C14H17N3O4. The number of carbonyl (C=O) groups is 1. The van der Waals surface area contributed by atoms with Gasteiger partial charge in [0.15, 0.2) is 12.3 Å². The van der Waals surface area contributed by atoms with E-state index in [-0.39, 0.29) is 18.2 Å². The predicted molar refractivity (Wildman–Crippen MR) is 72.8 cm³/mol. The maximum absolute atomic E-state index is 11.9. The van der Waals surface area contributed by atoms with E-state index in [9.17, 15) is 4.79 Å². The third kappa shape index (κ3) is 4.27. The lowest BCUT2D eigenvalue weighted by molar-refractivity contribution is 0.00611. The number of carbonyl (C=O) groups excluding carboxylic acids is 1. The molecule has 0 aliphatic carbocycles. The molecular weight excluding hydrogens is 274 g/mol. The molecule has 0 aromatic carbocycles. The highest BCUT2D eigenvalue weighted by molar-refractivity contribution is 5.88. The van der Waals surface area contributed by atoms with Gasteiger partial charge >= 0.3 is 5.97 Å². The molecule has 0 amide bonds. The van der Waals surface area contributed by atoms with Crippen LogP contribution in [-0.4, -0.2) is 26.5 Å². The number of aryl methyl sites for hydroxylation is 1. The van der Waals surface area contributed by atoms with E-state index in [4.69, 9.17) is 13.9 Å². The van der Waals surface area contributed by atoms with Crippen molar-refractivity contribution in [1.82, 2.24) is 15.0 Å². The van der Waals surface area contributed by atoms with Crippen molar-refractivity contribution < 1.29 is 18.7 Å². The van der Waals surface area contributed by atoms with E-state index in [0.29, 0.717) is 11.6 Å². The molecule has 0 aliphatic rings. The first-order valence-corrected chi connectivity index (χ1v) is 6.43. The molecule has 2 rings (SSSR count). The topological polar surface area (TPSA) is 87.3 Å². The smallest absolute Gasteiger partial charge is 0.359 e. The molecule has 7 heteroatoms. The van der Waals surface area contributed by atoms with Gasteiger partial charge in [-0.2, -0.15) is 0 Å². The maximum atomic E-state index is 11.9. The fourth-order valence-corrected chi connectivity index (χ4v) is 1.52. The van der Waals surface area contributed by atoms with Gasteiger partial charge in [0.05, 0.1) is 18.1 Å². The molecule has 0 bridgehead atoms. The van der Waals surface area contributed by atoms with Crippen LogP contribution in [0.4, 0.5) is 0 Å². The largest absolute Gasteiger partial charge is 0.467 e. The van der Waals surface area contributed by atoms with Gasteiger partial charge in [0, 0.05) is 0 Å². The average molecular weight is 291 g/mol. The number of esters is 1. The molecule has 0 saturated carbocycles. The summed E-state index contributed by atoms with van der Waals surface area (Å²) in [6.07, 6.45) is 4.36. The minimum atomic E-state index is -0.578. The summed E-state index contributed by atoms with van der Waals surface area (Å²) in [6, 6.07) is 0. The molecule has 0 unspecified atom stereocenters. The minimum absolute atomic E-state index is 0.146. The molecule has 2 heterocycles. The number of hydrogen-bond donors (Lipinski definition) is 0. The summed E-state index contributed by atoms with van der Waals surface area (Å²) in [7, 11) is 0. The summed E-state index contributed by atoms with van der Waals surface area (Å²) >= 11 is 0. The van der Waals surface area contributed by atoms with Crippen LogP contribution in [0.5, 0.6) is 5.88 Å². The first kappa shape index (κ1) is 15.0. The van der Waals surface area contributed by atoms with E-state index in [2.05, 4.69) is 15.0 Å². The first-order valence-electron chi connectivity index (χ1n) is 6.43. The van der Waals surface area contributed by atoms with Gasteiger partial charge in [-0.25, -0.2) is 19.7 Å². The second-order valence-corrected chi connectivity index (χ2v) is 5.36. The zero-order chi connectivity index (χ0) is 15.5. The van der Waals surface area contributed by atoms with Gasteiger partial charge < -0.3 is 13.9 Å². The molecule has 7 nitrogen and oxygen atoms in total. The summed E-state index contributed by atoms with van der Waals surface area (Å²) in [5, 5.41) is 0. The quantitative estimate of drug-likeness (QED) is 0.799. The Hall–Kier alpha value is -2.44. The number of rotatable bonds is 4. The van der Waals surface area contributed by atoms with E-state index >= 15 is 0 Å². The average Bonchev–Trinajstić information content (AvgIpc) is 2.87. The van der Waals surface area contributed by atoms with Crippen LogP contribution < -0.4 is 4.74 Å². The molecule has 21 heavy (non-hydrogen) atoms. The second-order valence-electron chi connectivity index (χ2n) is 5.36. The van der Waals surface area contributed by atoms with Crippen molar-refractivity contribution in [3.63, 3.8) is 0 Å². The minimum Gasteiger partial charge on any atom is -0.467 e. The highest BCUT2D eigenvalue weighted by Gasteiger charge is 2.21. The third-order valence-electron chi connectivity index (χ3n) is 2.34. The lowest BCUT2D eigenvalue weighted by atomic mass is 10.2. The van der Waals surface area contributed by atoms with Crippen LogP contribution >= 0.6 is 0 Å². The Morgan fingerprint density at radius 3 is 2.67 bits per heavy atom. The number of ether oxygens (including phenoxy) is 2. The fraction of sp³-hybridized carbons (Fsp3) is 0.429. The summed E-state index contributed by atoms with van der Waals surface area (Å²) in [4.78, 5) is 24.1. The molecule has 0 aliphatic heterocycles. The van der Waals surface area contributed by atoms with Gasteiger partial charge in [0.25, 0.3) is 0 Å². The highest BCUT2D eigenvalue weighted by Crippen LogP contribution is 2.15. The van der Waals surface area contributed by atoms with E-state index in [1.165, 1.54) is 18.7 Å². The molecule has 0 N–H and O–H groups in total. The normalized spacial score (nSPS) is 11.2. The Kier molecular flexibility index (Phi) is 4.21. The summed E-state index contributed by atoms with van der Waals surface area (Å²) in [5.74, 6) is 0.218. The van der Waals surface area contributed by atoms with Crippen LogP contribution in [0.25, 0.3) is 0 Å². The van der Waals surface area contributed by atoms with E-state index < -0.39 is 11.6 Å². The highest BCUT2D eigenvalue weighted by atomic mass is 16.6. The van der Waals surface area contributed by atoms with Crippen molar-refractivity contribution in [1.29, 1.82) is 0 Å². The fourth-order valence-electron chi connectivity index (χ4n) is 1.52. The van der Waals surface area contributed by atoms with Gasteiger partial charge in [-0.3, -0.25) is 0 Å². The lowest BCUT2D eigenvalue weighted by Gasteiger charge is -2.19. The van der Waals surface area contributed by atoms with Gasteiger partial charge in [-0.15, -0.1) is 0 Å². The number of aromatic nitrogens is 3. The Bertz CT molecular complexity index is 618. The van der Waals surface area contributed by atoms with Gasteiger partial charge in [0.1, 0.15) is 11.9 Å². The Balaban J connectivity index is 2.05. The second kappa shape index (κ2) is 5.90. The summed E-state index contributed by atoms with van der Waals surface area (Å²) < 4.78 is 15.7. The van der Waals surface area contributed by atoms with Crippen molar-refractivity contribution in [3.05, 3.63) is 35.9 Å². The molecule has 0 fully saturated rings. The van der Waals surface area contributed by atoms with Crippen molar-refractivity contribution in [2.24, 2.45) is 0 Å². The first-order chi connectivity index (χ1) is 9.85. The molecule has 2 aromatic heterocycles. The van der Waals surface area contributed by atoms with Crippen LogP contribution in [0, 0.1) is 6.92 Å². The van der Waals surface area contributed by atoms with Gasteiger partial charge in [-0.1, -0.05) is 0 Å². The Labute approximate surface area is 122 Å². The molecule has 0 spiro atoms. The SMILES string of the molecule is Cc1nc(OCc2ncco2)cnc1C(=O)OC(C)(C)C. The standard InChI is InChI=1S/C14H17N3O4/c1-9-12(13(18)21-14(2,3)4)16-7-10(17-9)20-8-11-15-5-6-19-11/h5-7H,8H2,1-4H3. The van der Waals surface area contributed by atoms with E-state index in [1.807, 2.05) is 0 Å².